The molecule has 0 bridgehead atoms. The van der Waals surface area contributed by atoms with Gasteiger partial charge in [-0.3, -0.25) is 9.89 Å². The standard InChI is InChI=1S/C21H19F6N3O/c1-18(2)8-12-14(13(31)9-18)19(3,10-6-4-5-7-11(10)20(22,23)24)15-16(21(25,26)27)29-30-17(15)28-12/h4-7,14H,8-9H2,1-3H3,(H,29,30). The molecule has 4 rings (SSSR count). The Balaban J connectivity index is 2.09. The number of carbonyl (C=O) groups is 1. The van der Waals surface area contributed by atoms with Gasteiger partial charge in [-0.25, -0.2) is 4.99 Å². The van der Waals surface area contributed by atoms with Gasteiger partial charge in [-0.15, -0.1) is 0 Å². The molecule has 2 atom stereocenters. The minimum atomic E-state index is -4.92. The molecule has 2 aliphatic rings. The summed E-state index contributed by atoms with van der Waals surface area (Å²) in [6, 6.07) is 4.44. The lowest BCUT2D eigenvalue weighted by Gasteiger charge is -2.46. The first kappa shape index (κ1) is 21.6. The van der Waals surface area contributed by atoms with E-state index in [1.165, 1.54) is 19.1 Å². The molecule has 1 N–H and O–H groups in total. The Morgan fingerprint density at radius 2 is 1.65 bits per heavy atom. The van der Waals surface area contributed by atoms with Crippen molar-refractivity contribution in [2.45, 2.75) is 51.4 Å². The minimum absolute atomic E-state index is 0.0228. The Kier molecular flexibility index (Phi) is 4.47. The van der Waals surface area contributed by atoms with Gasteiger partial charge in [0.25, 0.3) is 0 Å². The number of aromatic nitrogens is 2. The second-order valence-corrected chi connectivity index (χ2v) is 9.06. The Morgan fingerprint density at radius 3 is 2.26 bits per heavy atom. The van der Waals surface area contributed by atoms with Crippen molar-refractivity contribution < 1.29 is 31.1 Å². The maximum atomic E-state index is 13.9. The highest BCUT2D eigenvalue weighted by molar-refractivity contribution is 6.11. The molecule has 0 radical (unpaired) electrons. The van der Waals surface area contributed by atoms with Crippen LogP contribution >= 0.6 is 0 Å². The first-order valence-corrected chi connectivity index (χ1v) is 9.59. The van der Waals surface area contributed by atoms with E-state index in [1.807, 2.05) is 18.9 Å². The third kappa shape index (κ3) is 3.27. The molecule has 2 aromatic rings. The van der Waals surface area contributed by atoms with Crippen LogP contribution in [0.1, 0.15) is 56.0 Å². The van der Waals surface area contributed by atoms with Crippen LogP contribution in [0.25, 0.3) is 0 Å². The number of ketones is 1. The monoisotopic (exact) mass is 443 g/mol. The largest absolute Gasteiger partial charge is 0.433 e. The van der Waals surface area contributed by atoms with Crippen LogP contribution in [0.4, 0.5) is 32.2 Å². The number of carbonyl (C=O) groups excluding carboxylic acids is 1. The first-order chi connectivity index (χ1) is 14.2. The average molecular weight is 443 g/mol. The lowest BCUT2D eigenvalue weighted by molar-refractivity contribution is -0.143. The molecular weight excluding hydrogens is 424 g/mol. The van der Waals surface area contributed by atoms with E-state index in [4.69, 9.17) is 0 Å². The number of H-pyrrole nitrogens is 1. The fourth-order valence-electron chi connectivity index (χ4n) is 5.04. The van der Waals surface area contributed by atoms with Crippen molar-refractivity contribution in [2.75, 3.05) is 0 Å². The predicted octanol–water partition coefficient (Wildman–Crippen LogP) is 5.84. The zero-order valence-electron chi connectivity index (χ0n) is 16.9. The van der Waals surface area contributed by atoms with Gasteiger partial charge in [0.15, 0.2) is 5.82 Å². The van der Waals surface area contributed by atoms with Gasteiger partial charge in [0.2, 0.25) is 0 Å². The van der Waals surface area contributed by atoms with Gasteiger partial charge in [-0.05, 0) is 23.5 Å². The molecule has 10 heteroatoms. The average Bonchev–Trinajstić information content (AvgIpc) is 3.04. The molecule has 0 amide bonds. The summed E-state index contributed by atoms with van der Waals surface area (Å²) in [5, 5.41) is 5.58. The maximum absolute atomic E-state index is 13.9. The van der Waals surface area contributed by atoms with Gasteiger partial charge in [0, 0.05) is 23.1 Å². The maximum Gasteiger partial charge on any atom is 0.433 e. The van der Waals surface area contributed by atoms with Crippen LogP contribution in [0.5, 0.6) is 0 Å². The Hall–Kier alpha value is -2.65. The van der Waals surface area contributed by atoms with Crippen LogP contribution in [-0.2, 0) is 22.6 Å². The van der Waals surface area contributed by atoms with E-state index >= 15 is 0 Å². The molecule has 0 spiro atoms. The summed E-state index contributed by atoms with van der Waals surface area (Å²) in [5.74, 6) is -2.02. The molecule has 1 aliphatic heterocycles. The van der Waals surface area contributed by atoms with E-state index in [1.54, 1.807) is 0 Å². The normalized spacial score (nSPS) is 25.6. The zero-order chi connectivity index (χ0) is 23.0. The molecule has 166 valence electrons. The van der Waals surface area contributed by atoms with Crippen LogP contribution < -0.4 is 0 Å². The van der Waals surface area contributed by atoms with Crippen LogP contribution in [-0.4, -0.2) is 21.7 Å². The number of Topliss-reactive ketones (excluding diaryl/α,β-unsaturated/α-hetero) is 1. The van der Waals surface area contributed by atoms with E-state index < -0.39 is 57.3 Å². The molecule has 2 heterocycles. The highest BCUT2D eigenvalue weighted by Crippen LogP contribution is 2.56. The van der Waals surface area contributed by atoms with Crippen molar-refractivity contribution >= 4 is 17.3 Å². The SMILES string of the molecule is CC1(C)CC(=O)C2C(=Nc3n[nH]c(C(F)(F)F)c3C2(C)c2ccccc2C(F)(F)F)C1. The Bertz CT molecular complexity index is 1100. The number of fused-ring (bicyclic) bond motifs is 2. The zero-order valence-corrected chi connectivity index (χ0v) is 16.9. The quantitative estimate of drug-likeness (QED) is 0.563. The van der Waals surface area contributed by atoms with E-state index in [0.29, 0.717) is 0 Å². The van der Waals surface area contributed by atoms with E-state index in [0.717, 1.165) is 12.1 Å². The lowest BCUT2D eigenvalue weighted by atomic mass is 9.56. The van der Waals surface area contributed by atoms with Crippen molar-refractivity contribution in [1.82, 2.24) is 10.2 Å². The van der Waals surface area contributed by atoms with Gasteiger partial charge >= 0.3 is 12.4 Å². The number of nitrogens with one attached hydrogen (secondary N) is 1. The predicted molar refractivity (Wildman–Crippen MR) is 100 cm³/mol. The number of benzene rings is 1. The summed E-state index contributed by atoms with van der Waals surface area (Å²) in [7, 11) is 0. The van der Waals surface area contributed by atoms with Crippen LogP contribution in [0.2, 0.25) is 0 Å². The van der Waals surface area contributed by atoms with Crippen LogP contribution in [0.15, 0.2) is 29.3 Å². The second kappa shape index (κ2) is 6.43. The number of hydrogen-bond donors (Lipinski definition) is 1. The summed E-state index contributed by atoms with van der Waals surface area (Å²) >= 11 is 0. The van der Waals surface area contributed by atoms with E-state index in [-0.39, 0.29) is 24.4 Å². The summed E-state index contributed by atoms with van der Waals surface area (Å²) < 4.78 is 83.1. The van der Waals surface area contributed by atoms with Gasteiger partial charge in [0.05, 0.1) is 11.5 Å². The van der Waals surface area contributed by atoms with Crippen LogP contribution in [0.3, 0.4) is 0 Å². The highest BCUT2D eigenvalue weighted by Gasteiger charge is 2.58. The van der Waals surface area contributed by atoms with E-state index in [9.17, 15) is 31.1 Å². The van der Waals surface area contributed by atoms with Gasteiger partial charge in [0.1, 0.15) is 11.5 Å². The highest BCUT2D eigenvalue weighted by atomic mass is 19.4. The number of halogens is 6. The fourth-order valence-corrected chi connectivity index (χ4v) is 5.04. The number of rotatable bonds is 1. The summed E-state index contributed by atoms with van der Waals surface area (Å²) in [6.07, 6.45) is -9.46. The first-order valence-electron chi connectivity index (χ1n) is 9.59. The smallest absolute Gasteiger partial charge is 0.299 e. The third-order valence-electron chi connectivity index (χ3n) is 6.14. The van der Waals surface area contributed by atoms with E-state index in [2.05, 4.69) is 10.1 Å². The van der Waals surface area contributed by atoms with Crippen molar-refractivity contribution in [2.24, 2.45) is 16.3 Å². The lowest BCUT2D eigenvalue weighted by Crippen LogP contribution is -2.51. The number of aromatic amines is 1. The summed E-state index contributed by atoms with van der Waals surface area (Å²) in [6.45, 7) is 4.88. The van der Waals surface area contributed by atoms with Crippen molar-refractivity contribution in [3.05, 3.63) is 46.6 Å². The second-order valence-electron chi connectivity index (χ2n) is 9.06. The molecule has 1 saturated carbocycles. The molecule has 1 aliphatic carbocycles. The number of aliphatic imine (C=N–C) groups is 1. The molecule has 31 heavy (non-hydrogen) atoms. The minimum Gasteiger partial charge on any atom is -0.299 e. The molecule has 1 aromatic heterocycles. The molecule has 2 unspecified atom stereocenters. The molecular formula is C21H19F6N3O. The van der Waals surface area contributed by atoms with Crippen molar-refractivity contribution in [1.29, 1.82) is 0 Å². The topological polar surface area (TPSA) is 58.1 Å². The van der Waals surface area contributed by atoms with Gasteiger partial charge in [-0.1, -0.05) is 39.0 Å². The summed E-state index contributed by atoms with van der Waals surface area (Å²) in [4.78, 5) is 17.4. The molecule has 1 fully saturated rings. The van der Waals surface area contributed by atoms with Crippen LogP contribution in [0, 0.1) is 11.3 Å². The van der Waals surface area contributed by atoms with Gasteiger partial charge in [-0.2, -0.15) is 31.4 Å². The third-order valence-corrected chi connectivity index (χ3v) is 6.14. The van der Waals surface area contributed by atoms with Gasteiger partial charge < -0.3 is 0 Å². The van der Waals surface area contributed by atoms with Crippen molar-refractivity contribution in [3.63, 3.8) is 0 Å². The molecule has 4 nitrogen and oxygen atoms in total. The number of hydrogen-bond acceptors (Lipinski definition) is 3. The molecule has 0 saturated heterocycles. The Morgan fingerprint density at radius 1 is 1.00 bits per heavy atom. The molecule has 1 aromatic carbocycles. The summed E-state index contributed by atoms with van der Waals surface area (Å²) in [5.41, 5.74) is -5.52. The van der Waals surface area contributed by atoms with Crippen molar-refractivity contribution in [3.8, 4) is 0 Å². The Labute approximate surface area is 173 Å². The fraction of sp³-hybridized carbons (Fsp3) is 0.476. The number of alkyl halides is 6. The number of nitrogens with zero attached hydrogens (tertiary/aromatic N) is 2.